The van der Waals surface area contributed by atoms with Gasteiger partial charge < -0.3 is 10.4 Å². The number of nitrogens with one attached hydrogen (secondary N) is 1. The molecule has 0 saturated heterocycles. The SMILES string of the molecule is CCSc1cccc(C(=O)NCC(O)c2ccccc2F)c1. The number of hydrogen-bond acceptors (Lipinski definition) is 3. The summed E-state index contributed by atoms with van der Waals surface area (Å²) in [7, 11) is 0. The summed E-state index contributed by atoms with van der Waals surface area (Å²) in [5.41, 5.74) is 0.706. The molecule has 2 rings (SSSR count). The minimum Gasteiger partial charge on any atom is -0.386 e. The Hall–Kier alpha value is -1.85. The molecule has 2 aromatic rings. The van der Waals surface area contributed by atoms with Crippen LogP contribution in [-0.4, -0.2) is 23.3 Å². The third-order valence-corrected chi connectivity index (χ3v) is 4.00. The highest BCUT2D eigenvalue weighted by Gasteiger charge is 2.14. The molecule has 2 N–H and O–H groups in total. The van der Waals surface area contributed by atoms with Crippen molar-refractivity contribution in [3.63, 3.8) is 0 Å². The molecule has 1 unspecified atom stereocenters. The summed E-state index contributed by atoms with van der Waals surface area (Å²) in [5.74, 6) is 0.163. The van der Waals surface area contributed by atoms with Crippen molar-refractivity contribution in [2.75, 3.05) is 12.3 Å². The van der Waals surface area contributed by atoms with Crippen LogP contribution in [0, 0.1) is 5.82 Å². The molecule has 0 aliphatic rings. The third-order valence-electron chi connectivity index (χ3n) is 3.13. The molecule has 0 aromatic heterocycles. The molecular weight excluding hydrogens is 301 g/mol. The van der Waals surface area contributed by atoms with Gasteiger partial charge in [-0.15, -0.1) is 11.8 Å². The first-order chi connectivity index (χ1) is 10.6. The highest BCUT2D eigenvalue weighted by molar-refractivity contribution is 7.99. The summed E-state index contributed by atoms with van der Waals surface area (Å²) in [4.78, 5) is 13.1. The number of carbonyl (C=O) groups is 1. The van der Waals surface area contributed by atoms with E-state index in [4.69, 9.17) is 0 Å². The molecule has 0 bridgehead atoms. The van der Waals surface area contributed by atoms with Crippen LogP contribution < -0.4 is 5.32 Å². The summed E-state index contributed by atoms with van der Waals surface area (Å²) in [6, 6.07) is 13.3. The monoisotopic (exact) mass is 319 g/mol. The van der Waals surface area contributed by atoms with Gasteiger partial charge in [-0.3, -0.25) is 4.79 Å². The summed E-state index contributed by atoms with van der Waals surface area (Å²) < 4.78 is 13.5. The van der Waals surface area contributed by atoms with E-state index in [1.807, 2.05) is 19.1 Å². The van der Waals surface area contributed by atoms with Gasteiger partial charge in [-0.25, -0.2) is 4.39 Å². The van der Waals surface area contributed by atoms with Gasteiger partial charge in [-0.1, -0.05) is 31.2 Å². The van der Waals surface area contributed by atoms with E-state index in [1.54, 1.807) is 36.0 Å². The van der Waals surface area contributed by atoms with Crippen LogP contribution in [0.5, 0.6) is 0 Å². The second-order valence-corrected chi connectivity index (χ2v) is 6.05. The number of thioether (sulfide) groups is 1. The Labute approximate surface area is 133 Å². The molecule has 116 valence electrons. The molecule has 0 spiro atoms. The van der Waals surface area contributed by atoms with Gasteiger partial charge in [0.05, 0.1) is 6.10 Å². The van der Waals surface area contributed by atoms with Crippen LogP contribution in [0.1, 0.15) is 28.9 Å². The van der Waals surface area contributed by atoms with Crippen LogP contribution in [0.3, 0.4) is 0 Å². The molecule has 22 heavy (non-hydrogen) atoms. The summed E-state index contributed by atoms with van der Waals surface area (Å²) in [5, 5.41) is 12.6. The maximum Gasteiger partial charge on any atom is 0.251 e. The van der Waals surface area contributed by atoms with Gasteiger partial charge in [0, 0.05) is 22.6 Å². The molecule has 0 radical (unpaired) electrons. The van der Waals surface area contributed by atoms with E-state index < -0.39 is 11.9 Å². The van der Waals surface area contributed by atoms with E-state index >= 15 is 0 Å². The van der Waals surface area contributed by atoms with E-state index in [1.165, 1.54) is 12.1 Å². The number of benzene rings is 2. The largest absolute Gasteiger partial charge is 0.386 e. The molecule has 0 saturated carbocycles. The average Bonchev–Trinajstić information content (AvgIpc) is 2.53. The Bertz CT molecular complexity index is 648. The zero-order valence-corrected chi connectivity index (χ0v) is 13.1. The van der Waals surface area contributed by atoms with Crippen molar-refractivity contribution in [1.82, 2.24) is 5.32 Å². The first-order valence-corrected chi connectivity index (χ1v) is 8.04. The Morgan fingerprint density at radius 2 is 2.05 bits per heavy atom. The minimum absolute atomic E-state index is 0.0368. The summed E-state index contributed by atoms with van der Waals surface area (Å²) in [6.45, 7) is 2.01. The first-order valence-electron chi connectivity index (χ1n) is 7.05. The zero-order chi connectivity index (χ0) is 15.9. The van der Waals surface area contributed by atoms with E-state index in [-0.39, 0.29) is 18.0 Å². The van der Waals surface area contributed by atoms with Gasteiger partial charge in [0.1, 0.15) is 5.82 Å². The Morgan fingerprint density at radius 1 is 1.27 bits per heavy atom. The van der Waals surface area contributed by atoms with Crippen LogP contribution in [-0.2, 0) is 0 Å². The average molecular weight is 319 g/mol. The second-order valence-electron chi connectivity index (χ2n) is 4.71. The number of rotatable bonds is 6. The lowest BCUT2D eigenvalue weighted by Crippen LogP contribution is -2.28. The maximum absolute atomic E-state index is 13.5. The number of carbonyl (C=O) groups excluding carboxylic acids is 1. The zero-order valence-electron chi connectivity index (χ0n) is 12.3. The predicted octanol–water partition coefficient (Wildman–Crippen LogP) is 3.40. The molecule has 3 nitrogen and oxygen atoms in total. The van der Waals surface area contributed by atoms with Crippen molar-refractivity contribution in [3.05, 3.63) is 65.5 Å². The fourth-order valence-electron chi connectivity index (χ4n) is 2.04. The first kappa shape index (κ1) is 16.5. The number of aliphatic hydroxyl groups excluding tert-OH is 1. The molecule has 0 aliphatic heterocycles. The van der Waals surface area contributed by atoms with Crippen LogP contribution in [0.4, 0.5) is 4.39 Å². The van der Waals surface area contributed by atoms with Crippen molar-refractivity contribution in [3.8, 4) is 0 Å². The normalized spacial score (nSPS) is 12.0. The molecule has 2 aromatic carbocycles. The second kappa shape index (κ2) is 7.96. The topological polar surface area (TPSA) is 49.3 Å². The molecular formula is C17H18FNO2S. The lowest BCUT2D eigenvalue weighted by Gasteiger charge is -2.13. The number of halogens is 1. The van der Waals surface area contributed by atoms with Crippen LogP contribution in [0.2, 0.25) is 0 Å². The van der Waals surface area contributed by atoms with Crippen molar-refractivity contribution in [1.29, 1.82) is 0 Å². The van der Waals surface area contributed by atoms with Gasteiger partial charge >= 0.3 is 0 Å². The smallest absolute Gasteiger partial charge is 0.251 e. The summed E-state index contributed by atoms with van der Waals surface area (Å²) >= 11 is 1.65. The molecule has 0 heterocycles. The van der Waals surface area contributed by atoms with Gasteiger partial charge in [-0.05, 0) is 30.0 Å². The Morgan fingerprint density at radius 3 is 2.77 bits per heavy atom. The number of aliphatic hydroxyl groups is 1. The highest BCUT2D eigenvalue weighted by atomic mass is 32.2. The van der Waals surface area contributed by atoms with Gasteiger partial charge in [0.15, 0.2) is 0 Å². The minimum atomic E-state index is -1.07. The van der Waals surface area contributed by atoms with E-state index in [0.29, 0.717) is 5.56 Å². The number of hydrogen-bond donors (Lipinski definition) is 2. The van der Waals surface area contributed by atoms with Gasteiger partial charge in [-0.2, -0.15) is 0 Å². The lowest BCUT2D eigenvalue weighted by atomic mass is 10.1. The Kier molecular flexibility index (Phi) is 5.98. The molecule has 1 amide bonds. The van der Waals surface area contributed by atoms with Gasteiger partial charge in [0.25, 0.3) is 5.91 Å². The number of amides is 1. The van der Waals surface area contributed by atoms with Gasteiger partial charge in [0.2, 0.25) is 0 Å². The summed E-state index contributed by atoms with van der Waals surface area (Å²) in [6.07, 6.45) is -1.07. The van der Waals surface area contributed by atoms with Crippen LogP contribution >= 0.6 is 11.8 Å². The van der Waals surface area contributed by atoms with Crippen molar-refractivity contribution in [2.45, 2.75) is 17.9 Å². The quantitative estimate of drug-likeness (QED) is 0.802. The standard InChI is InChI=1S/C17H18FNO2S/c1-2-22-13-7-5-6-12(10-13)17(21)19-11-16(20)14-8-3-4-9-15(14)18/h3-10,16,20H,2,11H2,1H3,(H,19,21). The fourth-order valence-corrected chi connectivity index (χ4v) is 2.76. The van der Waals surface area contributed by atoms with Crippen molar-refractivity contribution >= 4 is 17.7 Å². The molecule has 1 atom stereocenters. The Balaban J connectivity index is 1.98. The van der Waals surface area contributed by atoms with E-state index in [2.05, 4.69) is 5.32 Å². The molecule has 0 aliphatic carbocycles. The van der Waals surface area contributed by atoms with Crippen molar-refractivity contribution in [2.24, 2.45) is 0 Å². The third kappa shape index (κ3) is 4.32. The molecule has 0 fully saturated rings. The fraction of sp³-hybridized carbons (Fsp3) is 0.235. The van der Waals surface area contributed by atoms with Crippen LogP contribution in [0.25, 0.3) is 0 Å². The lowest BCUT2D eigenvalue weighted by molar-refractivity contribution is 0.0914. The molecule has 5 heteroatoms. The van der Waals surface area contributed by atoms with E-state index in [0.717, 1.165) is 10.6 Å². The van der Waals surface area contributed by atoms with Crippen molar-refractivity contribution < 1.29 is 14.3 Å². The van der Waals surface area contributed by atoms with Crippen LogP contribution in [0.15, 0.2) is 53.4 Å². The van der Waals surface area contributed by atoms with E-state index in [9.17, 15) is 14.3 Å². The predicted molar refractivity (Wildman–Crippen MR) is 86.5 cm³/mol. The maximum atomic E-state index is 13.5. The highest BCUT2D eigenvalue weighted by Crippen LogP contribution is 2.19.